The predicted octanol–water partition coefficient (Wildman–Crippen LogP) is 3.11. The summed E-state index contributed by atoms with van der Waals surface area (Å²) in [6.45, 7) is 4.14. The molecule has 1 N–H and O–H groups in total. The summed E-state index contributed by atoms with van der Waals surface area (Å²) in [6, 6.07) is 3.82. The second-order valence-corrected chi connectivity index (χ2v) is 8.30. The van der Waals surface area contributed by atoms with Gasteiger partial charge in [-0.15, -0.1) is 11.3 Å². The number of rotatable bonds is 8. The van der Waals surface area contributed by atoms with Gasteiger partial charge in [0.2, 0.25) is 11.8 Å². The topological polar surface area (TPSA) is 75.2 Å². The van der Waals surface area contributed by atoms with Gasteiger partial charge in [0.15, 0.2) is 0 Å². The van der Waals surface area contributed by atoms with Crippen LogP contribution in [0.15, 0.2) is 30.0 Å². The van der Waals surface area contributed by atoms with Gasteiger partial charge in [-0.25, -0.2) is 4.98 Å². The molecule has 2 aromatic rings. The SMILES string of the molecule is Cc1ncsc1CCC(=O)N1CCC(CCC(=O)NCc2cccnc2)CC1. The lowest BCUT2D eigenvalue weighted by Crippen LogP contribution is -2.38. The highest BCUT2D eigenvalue weighted by Crippen LogP contribution is 2.23. The summed E-state index contributed by atoms with van der Waals surface area (Å²) in [5.74, 6) is 0.847. The van der Waals surface area contributed by atoms with Crippen molar-refractivity contribution in [3.05, 3.63) is 46.2 Å². The molecular weight excluding hydrogens is 372 g/mol. The van der Waals surface area contributed by atoms with Crippen molar-refractivity contribution in [1.29, 1.82) is 0 Å². The van der Waals surface area contributed by atoms with Crippen molar-refractivity contribution in [2.24, 2.45) is 5.92 Å². The second-order valence-electron chi connectivity index (χ2n) is 7.36. The summed E-state index contributed by atoms with van der Waals surface area (Å²) in [7, 11) is 0. The van der Waals surface area contributed by atoms with E-state index >= 15 is 0 Å². The van der Waals surface area contributed by atoms with Gasteiger partial charge in [-0.1, -0.05) is 6.07 Å². The second kappa shape index (κ2) is 10.3. The molecule has 1 aliphatic heterocycles. The minimum absolute atomic E-state index is 0.0855. The Labute approximate surface area is 170 Å². The van der Waals surface area contributed by atoms with Crippen LogP contribution in [0.1, 0.15) is 48.2 Å². The summed E-state index contributed by atoms with van der Waals surface area (Å²) in [6.07, 6.45) is 8.25. The molecule has 28 heavy (non-hydrogen) atoms. The van der Waals surface area contributed by atoms with Gasteiger partial charge in [0, 0.05) is 49.7 Å². The number of amides is 2. The number of carbonyl (C=O) groups excluding carboxylic acids is 2. The van der Waals surface area contributed by atoms with E-state index in [0.29, 0.717) is 25.3 Å². The molecule has 0 aliphatic carbocycles. The maximum absolute atomic E-state index is 12.4. The monoisotopic (exact) mass is 400 g/mol. The Bertz CT molecular complexity index is 770. The third-order valence-electron chi connectivity index (χ3n) is 5.37. The highest BCUT2D eigenvalue weighted by atomic mass is 32.1. The van der Waals surface area contributed by atoms with Crippen molar-refractivity contribution in [2.75, 3.05) is 13.1 Å². The van der Waals surface area contributed by atoms with Crippen molar-refractivity contribution in [1.82, 2.24) is 20.2 Å². The van der Waals surface area contributed by atoms with Crippen LogP contribution in [0.4, 0.5) is 0 Å². The minimum atomic E-state index is 0.0855. The summed E-state index contributed by atoms with van der Waals surface area (Å²) in [5.41, 5.74) is 3.89. The summed E-state index contributed by atoms with van der Waals surface area (Å²) >= 11 is 1.63. The number of carbonyl (C=O) groups is 2. The van der Waals surface area contributed by atoms with Crippen molar-refractivity contribution < 1.29 is 9.59 Å². The first-order chi connectivity index (χ1) is 13.6. The number of nitrogens with zero attached hydrogens (tertiary/aromatic N) is 3. The fourth-order valence-electron chi connectivity index (χ4n) is 3.54. The van der Waals surface area contributed by atoms with Crippen molar-refractivity contribution >= 4 is 23.2 Å². The fourth-order valence-corrected chi connectivity index (χ4v) is 4.32. The summed E-state index contributed by atoms with van der Waals surface area (Å²) < 4.78 is 0. The van der Waals surface area contributed by atoms with Gasteiger partial charge in [-0.05, 0) is 50.2 Å². The molecule has 7 heteroatoms. The molecule has 0 aromatic carbocycles. The van der Waals surface area contributed by atoms with E-state index in [1.54, 1.807) is 23.7 Å². The van der Waals surface area contributed by atoms with Crippen LogP contribution < -0.4 is 5.32 Å². The zero-order chi connectivity index (χ0) is 19.8. The Balaban J connectivity index is 1.31. The van der Waals surface area contributed by atoms with E-state index in [-0.39, 0.29) is 11.8 Å². The lowest BCUT2D eigenvalue weighted by atomic mass is 9.92. The molecule has 0 atom stereocenters. The third-order valence-corrected chi connectivity index (χ3v) is 6.37. The van der Waals surface area contributed by atoms with Crippen molar-refractivity contribution in [2.45, 2.75) is 52.0 Å². The molecule has 1 saturated heterocycles. The number of nitrogens with one attached hydrogen (secondary N) is 1. The highest BCUT2D eigenvalue weighted by molar-refractivity contribution is 7.09. The lowest BCUT2D eigenvalue weighted by Gasteiger charge is -2.32. The van der Waals surface area contributed by atoms with Crippen LogP contribution in [0, 0.1) is 12.8 Å². The number of likely N-dealkylation sites (tertiary alicyclic amines) is 1. The molecule has 0 saturated carbocycles. The molecule has 1 fully saturated rings. The van der Waals surface area contributed by atoms with Crippen molar-refractivity contribution in [3.8, 4) is 0 Å². The minimum Gasteiger partial charge on any atom is -0.352 e. The molecule has 0 bridgehead atoms. The van der Waals surface area contributed by atoms with Crippen LogP contribution in [-0.2, 0) is 22.6 Å². The summed E-state index contributed by atoms with van der Waals surface area (Å²) in [4.78, 5) is 36.0. The van der Waals surface area contributed by atoms with E-state index in [1.807, 2.05) is 29.5 Å². The zero-order valence-electron chi connectivity index (χ0n) is 16.4. The average molecular weight is 401 g/mol. The van der Waals surface area contributed by atoms with Gasteiger partial charge in [-0.3, -0.25) is 14.6 Å². The molecule has 1 aliphatic rings. The van der Waals surface area contributed by atoms with E-state index in [2.05, 4.69) is 15.3 Å². The molecule has 150 valence electrons. The van der Waals surface area contributed by atoms with Gasteiger partial charge >= 0.3 is 0 Å². The predicted molar refractivity (Wildman–Crippen MR) is 110 cm³/mol. The van der Waals surface area contributed by atoms with Gasteiger partial charge in [0.05, 0.1) is 11.2 Å². The normalized spacial score (nSPS) is 14.8. The molecular formula is C21H28N4O2S. The molecule has 3 rings (SSSR count). The van der Waals surface area contributed by atoms with Crippen LogP contribution in [0.25, 0.3) is 0 Å². The molecule has 2 aromatic heterocycles. The fraction of sp³-hybridized carbons (Fsp3) is 0.524. The molecule has 3 heterocycles. The van der Waals surface area contributed by atoms with E-state index in [0.717, 1.165) is 50.0 Å². The molecule has 0 unspecified atom stereocenters. The first kappa shape index (κ1) is 20.5. The number of thiazole rings is 1. The van der Waals surface area contributed by atoms with Crippen LogP contribution in [0.5, 0.6) is 0 Å². The number of aryl methyl sites for hydroxylation is 2. The first-order valence-electron chi connectivity index (χ1n) is 9.94. The molecule has 0 radical (unpaired) electrons. The van der Waals surface area contributed by atoms with Gasteiger partial charge < -0.3 is 10.2 Å². The van der Waals surface area contributed by atoms with Crippen LogP contribution >= 0.6 is 11.3 Å². The Morgan fingerprint density at radius 2 is 2.11 bits per heavy atom. The quantitative estimate of drug-likeness (QED) is 0.739. The molecule has 2 amide bonds. The van der Waals surface area contributed by atoms with E-state index < -0.39 is 0 Å². The molecule has 0 spiro atoms. The number of piperidine rings is 1. The van der Waals surface area contributed by atoms with Crippen LogP contribution in [0.3, 0.4) is 0 Å². The Morgan fingerprint density at radius 1 is 1.29 bits per heavy atom. The maximum atomic E-state index is 12.4. The van der Waals surface area contributed by atoms with E-state index in [1.165, 1.54) is 4.88 Å². The Hall–Kier alpha value is -2.28. The number of hydrogen-bond acceptors (Lipinski definition) is 5. The van der Waals surface area contributed by atoms with Gasteiger partial charge in [0.1, 0.15) is 0 Å². The first-order valence-corrected chi connectivity index (χ1v) is 10.8. The third kappa shape index (κ3) is 6.12. The van der Waals surface area contributed by atoms with Crippen LogP contribution in [-0.4, -0.2) is 39.8 Å². The average Bonchev–Trinajstić information content (AvgIpc) is 3.15. The van der Waals surface area contributed by atoms with Gasteiger partial charge in [-0.2, -0.15) is 0 Å². The lowest BCUT2D eigenvalue weighted by molar-refractivity contribution is -0.132. The number of pyridine rings is 1. The Kier molecular flexibility index (Phi) is 7.54. The van der Waals surface area contributed by atoms with Crippen molar-refractivity contribution in [3.63, 3.8) is 0 Å². The Morgan fingerprint density at radius 3 is 2.79 bits per heavy atom. The smallest absolute Gasteiger partial charge is 0.222 e. The van der Waals surface area contributed by atoms with E-state index in [4.69, 9.17) is 0 Å². The zero-order valence-corrected chi connectivity index (χ0v) is 17.2. The highest BCUT2D eigenvalue weighted by Gasteiger charge is 2.23. The summed E-state index contributed by atoms with van der Waals surface area (Å²) in [5, 5.41) is 2.95. The van der Waals surface area contributed by atoms with Crippen LogP contribution in [0.2, 0.25) is 0 Å². The largest absolute Gasteiger partial charge is 0.352 e. The number of hydrogen-bond donors (Lipinski definition) is 1. The molecule has 6 nitrogen and oxygen atoms in total. The van der Waals surface area contributed by atoms with E-state index in [9.17, 15) is 9.59 Å². The number of aromatic nitrogens is 2. The van der Waals surface area contributed by atoms with Gasteiger partial charge in [0.25, 0.3) is 0 Å². The maximum Gasteiger partial charge on any atom is 0.222 e. The standard InChI is InChI=1S/C21H28N4O2S/c1-16-19(28-15-24-16)5-7-21(27)25-11-8-17(9-12-25)4-6-20(26)23-14-18-3-2-10-22-13-18/h2-3,10,13,15,17H,4-9,11-12,14H2,1H3,(H,23,26).